The van der Waals surface area contributed by atoms with Crippen LogP contribution < -0.4 is 11.1 Å². The summed E-state index contributed by atoms with van der Waals surface area (Å²) in [7, 11) is 0. The Morgan fingerprint density at radius 2 is 2.15 bits per heavy atom. The number of nitrogens with one attached hydrogen (secondary N) is 1. The van der Waals surface area contributed by atoms with Crippen LogP contribution in [0.4, 0.5) is 5.69 Å². The third-order valence-corrected chi connectivity index (χ3v) is 4.40. The van der Waals surface area contributed by atoms with Crippen molar-refractivity contribution in [2.45, 2.75) is 32.2 Å². The SMILES string of the molecule is NC(=NCc1ccsc1)Nc1cccc2c1CCCC2. The molecule has 1 heterocycles. The predicted octanol–water partition coefficient (Wildman–Crippen LogP) is 3.55. The van der Waals surface area contributed by atoms with Gasteiger partial charge in [0.1, 0.15) is 0 Å². The van der Waals surface area contributed by atoms with Crippen molar-refractivity contribution < 1.29 is 0 Å². The number of hydrogen-bond acceptors (Lipinski definition) is 2. The van der Waals surface area contributed by atoms with Crippen LogP contribution >= 0.6 is 11.3 Å². The molecule has 0 spiro atoms. The lowest BCUT2D eigenvalue weighted by Crippen LogP contribution is -2.24. The van der Waals surface area contributed by atoms with Gasteiger partial charge in [-0.2, -0.15) is 11.3 Å². The van der Waals surface area contributed by atoms with Gasteiger partial charge in [0, 0.05) is 5.69 Å². The largest absolute Gasteiger partial charge is 0.370 e. The smallest absolute Gasteiger partial charge is 0.193 e. The lowest BCUT2D eigenvalue weighted by Gasteiger charge is -2.19. The zero-order valence-electron chi connectivity index (χ0n) is 11.4. The molecule has 0 saturated heterocycles. The first kappa shape index (κ1) is 13.2. The van der Waals surface area contributed by atoms with Crippen LogP contribution in [0.15, 0.2) is 40.0 Å². The summed E-state index contributed by atoms with van der Waals surface area (Å²) in [5.41, 5.74) is 11.2. The summed E-state index contributed by atoms with van der Waals surface area (Å²) in [5, 5.41) is 7.42. The van der Waals surface area contributed by atoms with Gasteiger partial charge >= 0.3 is 0 Å². The fraction of sp³-hybridized carbons (Fsp3) is 0.312. The van der Waals surface area contributed by atoms with E-state index in [-0.39, 0.29) is 0 Å². The number of fused-ring (bicyclic) bond motifs is 1. The van der Waals surface area contributed by atoms with Crippen molar-refractivity contribution in [3.8, 4) is 0 Å². The molecular formula is C16H19N3S. The Kier molecular flexibility index (Phi) is 4.02. The van der Waals surface area contributed by atoms with Gasteiger partial charge in [0.25, 0.3) is 0 Å². The van der Waals surface area contributed by atoms with Crippen LogP contribution in [-0.4, -0.2) is 5.96 Å². The van der Waals surface area contributed by atoms with E-state index in [1.807, 2.05) is 0 Å². The van der Waals surface area contributed by atoms with Gasteiger partial charge < -0.3 is 11.1 Å². The molecule has 104 valence electrons. The molecule has 3 rings (SSSR count). The molecule has 20 heavy (non-hydrogen) atoms. The Balaban J connectivity index is 1.72. The number of aliphatic imine (C=N–C) groups is 1. The predicted molar refractivity (Wildman–Crippen MR) is 86.4 cm³/mol. The van der Waals surface area contributed by atoms with Crippen molar-refractivity contribution in [1.29, 1.82) is 0 Å². The van der Waals surface area contributed by atoms with Gasteiger partial charge in [0.05, 0.1) is 6.54 Å². The van der Waals surface area contributed by atoms with Crippen LogP contribution in [0.5, 0.6) is 0 Å². The normalized spacial score (nSPS) is 14.9. The first-order valence-corrected chi connectivity index (χ1v) is 7.96. The molecule has 0 aliphatic heterocycles. The maximum atomic E-state index is 6.00. The number of guanidine groups is 1. The molecule has 0 fully saturated rings. The molecule has 1 aromatic heterocycles. The van der Waals surface area contributed by atoms with Gasteiger partial charge in [-0.15, -0.1) is 0 Å². The van der Waals surface area contributed by atoms with Gasteiger partial charge in [-0.25, -0.2) is 4.99 Å². The summed E-state index contributed by atoms with van der Waals surface area (Å²) in [5.74, 6) is 0.496. The second kappa shape index (κ2) is 6.09. The topological polar surface area (TPSA) is 50.4 Å². The highest BCUT2D eigenvalue weighted by Crippen LogP contribution is 2.27. The molecule has 0 radical (unpaired) electrons. The average molecular weight is 285 g/mol. The maximum Gasteiger partial charge on any atom is 0.193 e. The number of rotatable bonds is 3. The molecule has 0 bridgehead atoms. The van der Waals surface area contributed by atoms with E-state index in [9.17, 15) is 0 Å². The van der Waals surface area contributed by atoms with Gasteiger partial charge in [-0.1, -0.05) is 12.1 Å². The summed E-state index contributed by atoms with van der Waals surface area (Å²) < 4.78 is 0. The molecule has 1 aliphatic carbocycles. The highest BCUT2D eigenvalue weighted by atomic mass is 32.1. The monoisotopic (exact) mass is 285 g/mol. The molecule has 0 unspecified atom stereocenters. The second-order valence-corrected chi connectivity index (χ2v) is 5.89. The fourth-order valence-electron chi connectivity index (χ4n) is 2.64. The zero-order chi connectivity index (χ0) is 13.8. The Hall–Kier alpha value is -1.81. The average Bonchev–Trinajstić information content (AvgIpc) is 2.99. The maximum absolute atomic E-state index is 6.00. The molecule has 0 saturated carbocycles. The summed E-state index contributed by atoms with van der Waals surface area (Å²) in [4.78, 5) is 4.40. The van der Waals surface area contributed by atoms with Gasteiger partial charge in [-0.05, 0) is 65.3 Å². The molecule has 1 aromatic carbocycles. The van der Waals surface area contributed by atoms with Gasteiger partial charge in [-0.3, -0.25) is 0 Å². The third kappa shape index (κ3) is 3.02. The Morgan fingerprint density at radius 1 is 1.25 bits per heavy atom. The molecule has 4 heteroatoms. The quantitative estimate of drug-likeness (QED) is 0.669. The van der Waals surface area contributed by atoms with Crippen molar-refractivity contribution in [3.05, 3.63) is 51.7 Å². The number of nitrogens with two attached hydrogens (primary N) is 1. The highest BCUT2D eigenvalue weighted by molar-refractivity contribution is 7.07. The molecule has 0 amide bonds. The number of hydrogen-bond donors (Lipinski definition) is 2. The number of aryl methyl sites for hydroxylation is 1. The van der Waals surface area contributed by atoms with Crippen LogP contribution in [0.3, 0.4) is 0 Å². The van der Waals surface area contributed by atoms with Crippen molar-refractivity contribution in [2.75, 3.05) is 5.32 Å². The minimum atomic E-state index is 0.496. The summed E-state index contributed by atoms with van der Waals surface area (Å²) >= 11 is 1.68. The third-order valence-electron chi connectivity index (χ3n) is 3.67. The van der Waals surface area contributed by atoms with E-state index in [1.165, 1.54) is 36.0 Å². The molecule has 0 atom stereocenters. The van der Waals surface area contributed by atoms with Crippen LogP contribution in [0, 0.1) is 0 Å². The highest BCUT2D eigenvalue weighted by Gasteiger charge is 2.12. The summed E-state index contributed by atoms with van der Waals surface area (Å²) in [6, 6.07) is 8.49. The number of nitrogens with zero attached hydrogens (tertiary/aromatic N) is 1. The van der Waals surface area contributed by atoms with Crippen molar-refractivity contribution in [3.63, 3.8) is 0 Å². The molecule has 1 aliphatic rings. The van der Waals surface area contributed by atoms with E-state index in [1.54, 1.807) is 11.3 Å². The van der Waals surface area contributed by atoms with Crippen molar-refractivity contribution in [2.24, 2.45) is 10.7 Å². The Bertz CT molecular complexity index is 602. The molecule has 3 nitrogen and oxygen atoms in total. The van der Waals surface area contributed by atoms with E-state index < -0.39 is 0 Å². The first-order chi connectivity index (χ1) is 9.83. The lowest BCUT2D eigenvalue weighted by atomic mass is 9.90. The second-order valence-electron chi connectivity index (χ2n) is 5.11. The fourth-order valence-corrected chi connectivity index (χ4v) is 3.29. The summed E-state index contributed by atoms with van der Waals surface area (Å²) in [6.45, 7) is 0.636. The number of thiophene rings is 1. The minimum absolute atomic E-state index is 0.496. The molecule has 3 N–H and O–H groups in total. The van der Waals surface area contributed by atoms with E-state index in [0.29, 0.717) is 12.5 Å². The minimum Gasteiger partial charge on any atom is -0.370 e. The van der Waals surface area contributed by atoms with E-state index in [4.69, 9.17) is 5.73 Å². The Labute approximate surface area is 123 Å². The van der Waals surface area contributed by atoms with Crippen LogP contribution in [0.1, 0.15) is 29.5 Å². The standard InChI is InChI=1S/C16H19N3S/c17-16(18-10-12-8-9-20-11-12)19-15-7-3-5-13-4-1-2-6-14(13)15/h3,5,7-9,11H,1-2,4,6,10H2,(H3,17,18,19). The van der Waals surface area contributed by atoms with Gasteiger partial charge in [0.15, 0.2) is 5.96 Å². The van der Waals surface area contributed by atoms with E-state index >= 15 is 0 Å². The zero-order valence-corrected chi connectivity index (χ0v) is 12.2. The Morgan fingerprint density at radius 3 is 3.00 bits per heavy atom. The van der Waals surface area contributed by atoms with Crippen LogP contribution in [-0.2, 0) is 19.4 Å². The first-order valence-electron chi connectivity index (χ1n) is 7.02. The molecular weight excluding hydrogens is 266 g/mol. The number of anilines is 1. The number of benzene rings is 1. The van der Waals surface area contributed by atoms with Crippen LogP contribution in [0.25, 0.3) is 0 Å². The summed E-state index contributed by atoms with van der Waals surface area (Å²) in [6.07, 6.45) is 4.86. The van der Waals surface area contributed by atoms with E-state index in [2.05, 4.69) is 45.3 Å². The van der Waals surface area contributed by atoms with Crippen molar-refractivity contribution in [1.82, 2.24) is 0 Å². The van der Waals surface area contributed by atoms with Crippen LogP contribution in [0.2, 0.25) is 0 Å². The lowest BCUT2D eigenvalue weighted by molar-refractivity contribution is 0.687. The van der Waals surface area contributed by atoms with Gasteiger partial charge in [0.2, 0.25) is 0 Å². The van der Waals surface area contributed by atoms with Crippen molar-refractivity contribution >= 4 is 23.0 Å². The molecule has 2 aromatic rings. The van der Waals surface area contributed by atoms with E-state index in [0.717, 1.165) is 12.1 Å².